The number of benzene rings is 2. The van der Waals surface area contributed by atoms with Gasteiger partial charge in [0, 0.05) is 18.2 Å². The summed E-state index contributed by atoms with van der Waals surface area (Å²) in [5.74, 6) is -3.20. The molecule has 1 aliphatic heterocycles. The summed E-state index contributed by atoms with van der Waals surface area (Å²) >= 11 is 0. The van der Waals surface area contributed by atoms with Crippen molar-refractivity contribution in [2.24, 2.45) is 0 Å². The van der Waals surface area contributed by atoms with Gasteiger partial charge < -0.3 is 10.1 Å². The molecular formula is C26H23F3N4O2. The Labute approximate surface area is 199 Å². The van der Waals surface area contributed by atoms with E-state index in [-0.39, 0.29) is 34.8 Å². The molecule has 0 aliphatic carbocycles. The molecule has 1 atom stereocenters. The van der Waals surface area contributed by atoms with Gasteiger partial charge in [0.15, 0.2) is 17.3 Å². The highest BCUT2D eigenvalue weighted by molar-refractivity contribution is 5.96. The van der Waals surface area contributed by atoms with Crippen LogP contribution in [0.1, 0.15) is 59.5 Å². The fraction of sp³-hybridized carbons (Fsp3) is 0.269. The maximum absolute atomic E-state index is 14.6. The van der Waals surface area contributed by atoms with Crippen molar-refractivity contribution in [1.82, 2.24) is 19.9 Å². The lowest BCUT2D eigenvalue weighted by molar-refractivity contribution is 0.0922. The third-order valence-electron chi connectivity index (χ3n) is 6.21. The third kappa shape index (κ3) is 3.80. The zero-order valence-electron chi connectivity index (χ0n) is 19.4. The second-order valence-corrected chi connectivity index (χ2v) is 8.83. The number of fused-ring (bicyclic) bond motifs is 2. The molecular weight excluding hydrogens is 457 g/mol. The van der Waals surface area contributed by atoms with E-state index in [2.05, 4.69) is 15.4 Å². The van der Waals surface area contributed by atoms with Gasteiger partial charge in [0.25, 0.3) is 5.91 Å². The monoisotopic (exact) mass is 480 g/mol. The van der Waals surface area contributed by atoms with E-state index >= 15 is 0 Å². The number of para-hydroxylation sites is 1. The fourth-order valence-corrected chi connectivity index (χ4v) is 4.62. The Balaban J connectivity index is 1.61. The van der Waals surface area contributed by atoms with Crippen LogP contribution in [0.15, 0.2) is 42.6 Å². The highest BCUT2D eigenvalue weighted by atomic mass is 19.2. The van der Waals surface area contributed by atoms with Gasteiger partial charge in [-0.3, -0.25) is 4.79 Å². The predicted octanol–water partition coefficient (Wildman–Crippen LogP) is 5.50. The van der Waals surface area contributed by atoms with Crippen molar-refractivity contribution in [3.05, 3.63) is 82.6 Å². The summed E-state index contributed by atoms with van der Waals surface area (Å²) in [5.41, 5.74) is 1.63. The molecule has 0 spiro atoms. The average Bonchev–Trinajstić information content (AvgIpc) is 3.16. The number of aromatic nitrogens is 3. The van der Waals surface area contributed by atoms with Crippen molar-refractivity contribution in [3.63, 3.8) is 0 Å². The number of ether oxygens (including phenoxy) is 1. The highest BCUT2D eigenvalue weighted by Gasteiger charge is 2.28. The zero-order valence-corrected chi connectivity index (χ0v) is 19.4. The number of carbonyl (C=O) groups is 1. The van der Waals surface area contributed by atoms with E-state index in [1.807, 2.05) is 38.1 Å². The summed E-state index contributed by atoms with van der Waals surface area (Å²) < 4.78 is 50.3. The quantitative estimate of drug-likeness (QED) is 0.392. The Morgan fingerprint density at radius 3 is 2.63 bits per heavy atom. The summed E-state index contributed by atoms with van der Waals surface area (Å²) in [6.07, 6.45) is 1.99. The van der Waals surface area contributed by atoms with Gasteiger partial charge in [-0.25, -0.2) is 22.7 Å². The molecule has 1 amide bonds. The standard InChI is InChI=1S/C26H23F3N4O2/c1-13(2)24-16(26(34)31-19-10-11-35-20-7-5-4-6-15(19)20)12-30-25-21(14(3)32-33(24)25)22-17(27)8-9-18(28)23(22)29/h4-9,12-13,19H,10-11H2,1-3H3,(H,31,34)/t19-/m0/s1. The number of hydrogen-bond donors (Lipinski definition) is 1. The number of aryl methyl sites for hydroxylation is 1. The number of nitrogens with one attached hydrogen (secondary N) is 1. The van der Waals surface area contributed by atoms with Gasteiger partial charge in [-0.05, 0) is 31.0 Å². The van der Waals surface area contributed by atoms with Crippen molar-refractivity contribution in [1.29, 1.82) is 0 Å². The summed E-state index contributed by atoms with van der Waals surface area (Å²) in [7, 11) is 0. The minimum absolute atomic E-state index is 0.0479. The minimum atomic E-state index is -1.31. The lowest BCUT2D eigenvalue weighted by Gasteiger charge is -2.27. The van der Waals surface area contributed by atoms with E-state index < -0.39 is 23.0 Å². The molecule has 4 aromatic rings. The molecule has 3 heterocycles. The Kier molecular flexibility index (Phi) is 5.70. The molecule has 0 unspecified atom stereocenters. The van der Waals surface area contributed by atoms with Gasteiger partial charge >= 0.3 is 0 Å². The topological polar surface area (TPSA) is 68.5 Å². The lowest BCUT2D eigenvalue weighted by atomic mass is 9.99. The normalized spacial score (nSPS) is 15.2. The van der Waals surface area contributed by atoms with Crippen LogP contribution in [0.3, 0.4) is 0 Å². The first-order chi connectivity index (χ1) is 16.8. The Morgan fingerprint density at radius 1 is 1.11 bits per heavy atom. The van der Waals surface area contributed by atoms with Crippen molar-refractivity contribution < 1.29 is 22.7 Å². The summed E-state index contributed by atoms with van der Waals surface area (Å²) in [5, 5.41) is 7.51. The van der Waals surface area contributed by atoms with Gasteiger partial charge in [0.05, 0.1) is 40.7 Å². The van der Waals surface area contributed by atoms with Crippen LogP contribution in [0.2, 0.25) is 0 Å². The molecule has 5 rings (SSSR count). The number of nitrogens with zero attached hydrogens (tertiary/aromatic N) is 3. The molecule has 0 saturated heterocycles. The van der Waals surface area contributed by atoms with Crippen molar-refractivity contribution in [3.8, 4) is 16.9 Å². The smallest absolute Gasteiger partial charge is 0.255 e. The van der Waals surface area contributed by atoms with E-state index in [0.29, 0.717) is 24.3 Å². The number of amides is 1. The SMILES string of the molecule is Cc1nn2c(C(C)C)c(C(=O)N[C@H]3CCOc4ccccc43)cnc2c1-c1c(F)ccc(F)c1F. The second-order valence-electron chi connectivity index (χ2n) is 8.83. The van der Waals surface area contributed by atoms with E-state index in [4.69, 9.17) is 4.74 Å². The Bertz CT molecular complexity index is 1470. The van der Waals surface area contributed by atoms with Crippen LogP contribution in [0.4, 0.5) is 13.2 Å². The van der Waals surface area contributed by atoms with Crippen molar-refractivity contribution in [2.45, 2.75) is 39.2 Å². The number of rotatable bonds is 4. The molecule has 180 valence electrons. The van der Waals surface area contributed by atoms with E-state index in [1.165, 1.54) is 10.7 Å². The van der Waals surface area contributed by atoms with Gasteiger partial charge in [0.1, 0.15) is 11.6 Å². The Hall–Kier alpha value is -3.88. The molecule has 35 heavy (non-hydrogen) atoms. The van der Waals surface area contributed by atoms with Crippen LogP contribution in [0.5, 0.6) is 5.75 Å². The van der Waals surface area contributed by atoms with E-state index in [0.717, 1.165) is 23.4 Å². The summed E-state index contributed by atoms with van der Waals surface area (Å²) in [6, 6.07) is 8.90. The number of hydrogen-bond acceptors (Lipinski definition) is 4. The fourth-order valence-electron chi connectivity index (χ4n) is 4.62. The van der Waals surface area contributed by atoms with Crippen LogP contribution < -0.4 is 10.1 Å². The van der Waals surface area contributed by atoms with Gasteiger partial charge in [0.2, 0.25) is 0 Å². The summed E-state index contributed by atoms with van der Waals surface area (Å²) in [4.78, 5) is 17.8. The van der Waals surface area contributed by atoms with Gasteiger partial charge in [-0.1, -0.05) is 32.0 Å². The lowest BCUT2D eigenvalue weighted by Crippen LogP contribution is -2.33. The molecule has 1 N–H and O–H groups in total. The van der Waals surface area contributed by atoms with Gasteiger partial charge in [-0.15, -0.1) is 0 Å². The van der Waals surface area contributed by atoms with Crippen LogP contribution in [-0.4, -0.2) is 27.1 Å². The number of halogens is 3. The second kappa shape index (κ2) is 8.72. The van der Waals surface area contributed by atoms with Crippen LogP contribution >= 0.6 is 0 Å². The minimum Gasteiger partial charge on any atom is -0.493 e. The van der Waals surface area contributed by atoms with Crippen molar-refractivity contribution in [2.75, 3.05) is 6.61 Å². The predicted molar refractivity (Wildman–Crippen MR) is 124 cm³/mol. The van der Waals surface area contributed by atoms with E-state index in [9.17, 15) is 18.0 Å². The van der Waals surface area contributed by atoms with Crippen molar-refractivity contribution >= 4 is 11.6 Å². The molecule has 0 saturated carbocycles. The molecule has 6 nitrogen and oxygen atoms in total. The average molecular weight is 480 g/mol. The molecule has 0 bridgehead atoms. The van der Waals surface area contributed by atoms with E-state index in [1.54, 1.807) is 6.92 Å². The first-order valence-electron chi connectivity index (χ1n) is 11.3. The Morgan fingerprint density at radius 2 is 1.86 bits per heavy atom. The first kappa shape index (κ1) is 22.9. The molecule has 2 aromatic carbocycles. The first-order valence-corrected chi connectivity index (χ1v) is 11.3. The molecule has 2 aromatic heterocycles. The summed E-state index contributed by atoms with van der Waals surface area (Å²) in [6.45, 7) is 5.81. The molecule has 0 radical (unpaired) electrons. The van der Waals surface area contributed by atoms with Gasteiger partial charge in [-0.2, -0.15) is 5.10 Å². The largest absolute Gasteiger partial charge is 0.493 e. The molecule has 1 aliphatic rings. The zero-order chi connectivity index (χ0) is 24.9. The van der Waals surface area contributed by atoms with Crippen LogP contribution in [0.25, 0.3) is 16.8 Å². The third-order valence-corrected chi connectivity index (χ3v) is 6.21. The van der Waals surface area contributed by atoms with Crippen LogP contribution in [0, 0.1) is 24.4 Å². The molecule has 9 heteroatoms. The maximum atomic E-state index is 14.6. The maximum Gasteiger partial charge on any atom is 0.255 e. The van der Waals surface area contributed by atoms with Crippen LogP contribution in [-0.2, 0) is 0 Å². The number of carbonyl (C=O) groups excluding carboxylic acids is 1. The highest BCUT2D eigenvalue weighted by Crippen LogP contribution is 2.35. The molecule has 0 fully saturated rings.